The second kappa shape index (κ2) is 4.79. The summed E-state index contributed by atoms with van der Waals surface area (Å²) in [4.78, 5) is 0. The predicted molar refractivity (Wildman–Crippen MR) is 59.2 cm³/mol. The minimum Gasteiger partial charge on any atom is -0.378 e. The van der Waals surface area contributed by atoms with Crippen molar-refractivity contribution in [3.63, 3.8) is 0 Å². The molecule has 0 amide bonds. The maximum atomic E-state index is 5.79. The Morgan fingerprint density at radius 1 is 1.43 bits per heavy atom. The number of hydrogen-bond donors (Lipinski definition) is 0. The van der Waals surface area contributed by atoms with Crippen molar-refractivity contribution >= 4 is 0 Å². The Morgan fingerprint density at radius 2 is 2.36 bits per heavy atom. The van der Waals surface area contributed by atoms with Crippen LogP contribution in [0.3, 0.4) is 0 Å². The quantitative estimate of drug-likeness (QED) is 0.662. The number of ether oxygens (including phenoxy) is 1. The molecule has 0 spiro atoms. The van der Waals surface area contributed by atoms with Crippen molar-refractivity contribution in [2.45, 2.75) is 45.1 Å². The summed E-state index contributed by atoms with van der Waals surface area (Å²) >= 11 is 0. The lowest BCUT2D eigenvalue weighted by Crippen LogP contribution is -2.09. The Balaban J connectivity index is 1.77. The van der Waals surface area contributed by atoms with Crippen molar-refractivity contribution in [2.75, 3.05) is 6.61 Å². The average Bonchev–Trinajstić information content (AvgIpc) is 2.85. The molecule has 2 atom stereocenters. The highest BCUT2D eigenvalue weighted by Gasteiger charge is 2.27. The summed E-state index contributed by atoms with van der Waals surface area (Å²) in [6.45, 7) is 3.12. The molecule has 0 bridgehead atoms. The van der Waals surface area contributed by atoms with E-state index in [1.807, 2.05) is 0 Å². The molecule has 0 N–H and O–H groups in total. The Kier molecular flexibility index (Phi) is 3.41. The van der Waals surface area contributed by atoms with E-state index in [9.17, 15) is 0 Å². The first-order valence-electron chi connectivity index (χ1n) is 5.87. The normalized spacial score (nSPS) is 31.1. The molecule has 2 aliphatic carbocycles. The lowest BCUT2D eigenvalue weighted by atomic mass is 9.97. The largest absolute Gasteiger partial charge is 0.378 e. The van der Waals surface area contributed by atoms with Gasteiger partial charge in [-0.05, 0) is 38.0 Å². The molecular formula is C13H20O. The lowest BCUT2D eigenvalue weighted by Gasteiger charge is -2.12. The molecule has 0 aromatic heterocycles. The van der Waals surface area contributed by atoms with Gasteiger partial charge in [0.2, 0.25) is 0 Å². The van der Waals surface area contributed by atoms with Gasteiger partial charge in [0.1, 0.15) is 0 Å². The van der Waals surface area contributed by atoms with Crippen molar-refractivity contribution in [3.05, 3.63) is 23.8 Å². The van der Waals surface area contributed by atoms with E-state index in [2.05, 4.69) is 25.2 Å². The summed E-state index contributed by atoms with van der Waals surface area (Å²) in [5, 5.41) is 0. The smallest absolute Gasteiger partial charge is 0.0581 e. The molecule has 0 aromatic rings. The first-order valence-corrected chi connectivity index (χ1v) is 5.87. The number of rotatable bonds is 4. The van der Waals surface area contributed by atoms with Crippen molar-refractivity contribution in [1.82, 2.24) is 0 Å². The van der Waals surface area contributed by atoms with Crippen LogP contribution in [0.25, 0.3) is 0 Å². The first kappa shape index (κ1) is 9.97. The first-order chi connectivity index (χ1) is 6.90. The van der Waals surface area contributed by atoms with Crippen LogP contribution in [0.4, 0.5) is 0 Å². The topological polar surface area (TPSA) is 9.23 Å². The second-order valence-electron chi connectivity index (χ2n) is 4.38. The third-order valence-corrected chi connectivity index (χ3v) is 3.27. The van der Waals surface area contributed by atoms with Gasteiger partial charge in [-0.3, -0.25) is 0 Å². The van der Waals surface area contributed by atoms with Crippen molar-refractivity contribution < 1.29 is 4.74 Å². The minimum atomic E-state index is 0.543. The Hall–Kier alpha value is -0.560. The molecule has 0 aromatic carbocycles. The van der Waals surface area contributed by atoms with Crippen LogP contribution in [-0.4, -0.2) is 12.7 Å². The van der Waals surface area contributed by atoms with Crippen LogP contribution < -0.4 is 0 Å². The fraction of sp³-hybridized carbons (Fsp3) is 0.692. The summed E-state index contributed by atoms with van der Waals surface area (Å²) in [6, 6.07) is 0. The monoisotopic (exact) mass is 192 g/mol. The van der Waals surface area contributed by atoms with Gasteiger partial charge in [0.25, 0.3) is 0 Å². The van der Waals surface area contributed by atoms with E-state index in [1.165, 1.54) is 25.7 Å². The highest BCUT2D eigenvalue weighted by Crippen LogP contribution is 2.36. The van der Waals surface area contributed by atoms with Crippen molar-refractivity contribution in [1.29, 1.82) is 0 Å². The molecule has 2 rings (SSSR count). The Bertz CT molecular complexity index is 240. The fourth-order valence-corrected chi connectivity index (χ4v) is 2.48. The molecule has 1 fully saturated rings. The van der Waals surface area contributed by atoms with E-state index >= 15 is 0 Å². The summed E-state index contributed by atoms with van der Waals surface area (Å²) < 4.78 is 5.79. The van der Waals surface area contributed by atoms with Crippen LogP contribution in [0.2, 0.25) is 0 Å². The molecular weight excluding hydrogens is 172 g/mol. The standard InChI is InChI=1S/C13H20O/c1-2-9-14-13-8-7-12(10-13)11-5-3-4-6-11/h3-5,12-13H,2,6-10H2,1H3. The highest BCUT2D eigenvalue weighted by atomic mass is 16.5. The van der Waals surface area contributed by atoms with Crippen LogP contribution in [0.5, 0.6) is 0 Å². The van der Waals surface area contributed by atoms with Crippen LogP contribution in [-0.2, 0) is 4.74 Å². The van der Waals surface area contributed by atoms with Gasteiger partial charge in [-0.15, -0.1) is 0 Å². The van der Waals surface area contributed by atoms with Gasteiger partial charge >= 0.3 is 0 Å². The molecule has 78 valence electrons. The maximum Gasteiger partial charge on any atom is 0.0581 e. The van der Waals surface area contributed by atoms with Crippen LogP contribution >= 0.6 is 0 Å². The molecule has 14 heavy (non-hydrogen) atoms. The fourth-order valence-electron chi connectivity index (χ4n) is 2.48. The van der Waals surface area contributed by atoms with E-state index in [4.69, 9.17) is 4.74 Å². The van der Waals surface area contributed by atoms with Gasteiger partial charge < -0.3 is 4.74 Å². The molecule has 1 heteroatoms. The molecule has 2 unspecified atom stereocenters. The van der Waals surface area contributed by atoms with Gasteiger partial charge in [0.15, 0.2) is 0 Å². The third-order valence-electron chi connectivity index (χ3n) is 3.27. The molecule has 0 saturated heterocycles. The molecule has 1 nitrogen and oxygen atoms in total. The van der Waals surface area contributed by atoms with Crippen LogP contribution in [0.15, 0.2) is 23.8 Å². The zero-order chi connectivity index (χ0) is 9.80. The highest BCUT2D eigenvalue weighted by molar-refractivity contribution is 5.25. The van der Waals surface area contributed by atoms with Crippen LogP contribution in [0, 0.1) is 5.92 Å². The van der Waals surface area contributed by atoms with E-state index in [-0.39, 0.29) is 0 Å². The summed E-state index contributed by atoms with van der Waals surface area (Å²) in [5.41, 5.74) is 1.63. The average molecular weight is 192 g/mol. The molecule has 1 saturated carbocycles. The van der Waals surface area contributed by atoms with Gasteiger partial charge in [-0.1, -0.05) is 30.7 Å². The van der Waals surface area contributed by atoms with E-state index < -0.39 is 0 Å². The zero-order valence-electron chi connectivity index (χ0n) is 9.04. The van der Waals surface area contributed by atoms with Crippen molar-refractivity contribution in [3.8, 4) is 0 Å². The van der Waals surface area contributed by atoms with Gasteiger partial charge in [-0.2, -0.15) is 0 Å². The zero-order valence-corrected chi connectivity index (χ0v) is 9.04. The van der Waals surface area contributed by atoms with Crippen LogP contribution in [0.1, 0.15) is 39.0 Å². The number of hydrogen-bond acceptors (Lipinski definition) is 1. The lowest BCUT2D eigenvalue weighted by molar-refractivity contribution is 0.0569. The van der Waals surface area contributed by atoms with Gasteiger partial charge in [-0.25, -0.2) is 0 Å². The van der Waals surface area contributed by atoms with Gasteiger partial charge in [0.05, 0.1) is 6.10 Å². The van der Waals surface area contributed by atoms with Gasteiger partial charge in [0, 0.05) is 6.61 Å². The number of allylic oxidation sites excluding steroid dienone is 4. The van der Waals surface area contributed by atoms with E-state index in [0.29, 0.717) is 6.10 Å². The minimum absolute atomic E-state index is 0.543. The Morgan fingerprint density at radius 3 is 3.07 bits per heavy atom. The predicted octanol–water partition coefficient (Wildman–Crippen LogP) is 3.47. The second-order valence-corrected chi connectivity index (χ2v) is 4.38. The summed E-state index contributed by atoms with van der Waals surface area (Å²) in [7, 11) is 0. The Labute approximate surface area is 86.8 Å². The maximum absolute atomic E-state index is 5.79. The third kappa shape index (κ3) is 2.27. The molecule has 2 aliphatic rings. The van der Waals surface area contributed by atoms with E-state index in [1.54, 1.807) is 5.57 Å². The van der Waals surface area contributed by atoms with E-state index in [0.717, 1.165) is 18.9 Å². The molecule has 0 radical (unpaired) electrons. The summed E-state index contributed by atoms with van der Waals surface area (Å²) in [5.74, 6) is 0.812. The molecule has 0 heterocycles. The SMILES string of the molecule is CCCOC1CCC(C2=CC=CC2)C1. The molecule has 0 aliphatic heterocycles. The van der Waals surface area contributed by atoms with Crippen molar-refractivity contribution in [2.24, 2.45) is 5.92 Å². The summed E-state index contributed by atoms with van der Waals surface area (Å²) in [6.07, 6.45) is 13.5.